The van der Waals surface area contributed by atoms with Gasteiger partial charge in [-0.15, -0.1) is 0 Å². The van der Waals surface area contributed by atoms with Crippen LogP contribution >= 0.6 is 0 Å². The Morgan fingerprint density at radius 2 is 2.00 bits per heavy atom. The molecule has 0 amide bonds. The Bertz CT molecular complexity index is 590. The zero-order chi connectivity index (χ0) is 17.0. The van der Waals surface area contributed by atoms with Gasteiger partial charge in [-0.3, -0.25) is 4.18 Å². The van der Waals surface area contributed by atoms with E-state index in [-0.39, 0.29) is 19.3 Å². The summed E-state index contributed by atoms with van der Waals surface area (Å²) in [4.78, 5) is 0. The lowest BCUT2D eigenvalue weighted by Gasteiger charge is -2.32. The van der Waals surface area contributed by atoms with Gasteiger partial charge in [0.15, 0.2) is 0 Å². The number of hydrogen-bond acceptors (Lipinski definition) is 5. The van der Waals surface area contributed by atoms with Gasteiger partial charge in [-0.1, -0.05) is 37.3 Å². The van der Waals surface area contributed by atoms with Crippen LogP contribution in [0.25, 0.3) is 0 Å². The number of hydrogen-bond donors (Lipinski definition) is 1. The van der Waals surface area contributed by atoms with E-state index in [1.165, 1.54) is 4.31 Å². The first-order valence-corrected chi connectivity index (χ1v) is 9.25. The molecule has 7 heteroatoms. The Hall–Kier alpha value is -0.990. The highest BCUT2D eigenvalue weighted by Crippen LogP contribution is 2.28. The van der Waals surface area contributed by atoms with E-state index >= 15 is 0 Å². The highest BCUT2D eigenvalue weighted by molar-refractivity contribution is 7.84. The number of nitrogens with zero attached hydrogens (tertiary/aromatic N) is 1. The Labute approximate surface area is 138 Å². The number of aliphatic hydroxyl groups is 1. The maximum Gasteiger partial charge on any atom is 0.339 e. The van der Waals surface area contributed by atoms with Gasteiger partial charge in [0.25, 0.3) is 0 Å². The van der Waals surface area contributed by atoms with Crippen LogP contribution in [0.3, 0.4) is 0 Å². The summed E-state index contributed by atoms with van der Waals surface area (Å²) in [6.45, 7) is 5.75. The molecule has 1 fully saturated rings. The fraction of sp³-hybridized carbons (Fsp3) is 0.625. The fourth-order valence-corrected chi connectivity index (χ4v) is 3.94. The van der Waals surface area contributed by atoms with Crippen molar-refractivity contribution in [3.63, 3.8) is 0 Å². The van der Waals surface area contributed by atoms with Crippen LogP contribution in [0.2, 0.25) is 0 Å². The molecule has 0 radical (unpaired) electrons. The van der Waals surface area contributed by atoms with Crippen LogP contribution in [-0.4, -0.2) is 48.8 Å². The molecule has 0 unspecified atom stereocenters. The predicted octanol–water partition coefficient (Wildman–Crippen LogP) is 1.70. The smallest absolute Gasteiger partial charge is 0.339 e. The van der Waals surface area contributed by atoms with E-state index in [1.807, 2.05) is 51.1 Å². The van der Waals surface area contributed by atoms with Crippen LogP contribution in [0, 0.1) is 0 Å². The molecule has 3 atom stereocenters. The molecule has 23 heavy (non-hydrogen) atoms. The monoisotopic (exact) mass is 343 g/mol. The summed E-state index contributed by atoms with van der Waals surface area (Å²) in [5.41, 5.74) is 0.862. The predicted molar refractivity (Wildman–Crippen MR) is 87.0 cm³/mol. The minimum absolute atomic E-state index is 0.0103. The lowest BCUT2D eigenvalue weighted by atomic mass is 10.0. The topological polar surface area (TPSA) is 76.1 Å². The lowest BCUT2D eigenvalue weighted by Crippen LogP contribution is -2.49. The zero-order valence-electron chi connectivity index (χ0n) is 13.8. The summed E-state index contributed by atoms with van der Waals surface area (Å²) in [5, 5.41) is 10.3. The minimum Gasteiger partial charge on any atom is -0.390 e. The molecule has 0 saturated carbocycles. The molecule has 1 aromatic carbocycles. The highest BCUT2D eigenvalue weighted by atomic mass is 32.2. The van der Waals surface area contributed by atoms with Gasteiger partial charge in [0.2, 0.25) is 0 Å². The molecule has 1 saturated heterocycles. The first-order valence-electron chi connectivity index (χ1n) is 7.88. The van der Waals surface area contributed by atoms with E-state index in [0.29, 0.717) is 6.42 Å². The molecule has 0 bridgehead atoms. The van der Waals surface area contributed by atoms with Gasteiger partial charge in [0, 0.05) is 6.54 Å². The Morgan fingerprint density at radius 1 is 1.35 bits per heavy atom. The van der Waals surface area contributed by atoms with E-state index < -0.39 is 28.6 Å². The van der Waals surface area contributed by atoms with Crippen molar-refractivity contribution in [3.8, 4) is 0 Å². The second-order valence-electron chi connectivity index (χ2n) is 5.97. The van der Waals surface area contributed by atoms with Gasteiger partial charge < -0.3 is 9.84 Å². The molecular weight excluding hydrogens is 318 g/mol. The van der Waals surface area contributed by atoms with Gasteiger partial charge in [-0.05, 0) is 25.8 Å². The molecule has 130 valence electrons. The third-order valence-electron chi connectivity index (χ3n) is 3.83. The van der Waals surface area contributed by atoms with E-state index in [4.69, 9.17) is 8.92 Å². The number of benzene rings is 1. The average molecular weight is 343 g/mol. The van der Waals surface area contributed by atoms with Crippen molar-refractivity contribution in [3.05, 3.63) is 35.9 Å². The number of rotatable bonds is 7. The molecule has 0 spiro atoms. The van der Waals surface area contributed by atoms with Crippen molar-refractivity contribution < 1.29 is 22.4 Å². The molecular formula is C16H25NO5S. The Balaban J connectivity index is 2.27. The molecule has 1 aliphatic heterocycles. The van der Waals surface area contributed by atoms with Crippen molar-refractivity contribution in [2.24, 2.45) is 0 Å². The maximum atomic E-state index is 12.2. The van der Waals surface area contributed by atoms with Gasteiger partial charge in [-0.25, -0.2) is 0 Å². The molecule has 0 aliphatic carbocycles. The van der Waals surface area contributed by atoms with Gasteiger partial charge in [0.05, 0.1) is 24.9 Å². The van der Waals surface area contributed by atoms with Gasteiger partial charge in [-0.2, -0.15) is 12.7 Å². The van der Waals surface area contributed by atoms with Crippen LogP contribution in [0.5, 0.6) is 0 Å². The number of ether oxygens (including phenoxy) is 1. The molecule has 1 N–H and O–H groups in total. The zero-order valence-corrected chi connectivity index (χ0v) is 14.6. The average Bonchev–Trinajstić information content (AvgIpc) is 2.80. The molecule has 2 rings (SSSR count). The van der Waals surface area contributed by atoms with Crippen LogP contribution in [-0.2, 0) is 25.8 Å². The first kappa shape index (κ1) is 18.4. The lowest BCUT2D eigenvalue weighted by molar-refractivity contribution is -0.0944. The van der Waals surface area contributed by atoms with Gasteiger partial charge >= 0.3 is 10.3 Å². The van der Waals surface area contributed by atoms with Crippen LogP contribution in [0.15, 0.2) is 30.3 Å². The van der Waals surface area contributed by atoms with Crippen molar-refractivity contribution in [2.75, 3.05) is 6.61 Å². The van der Waals surface area contributed by atoms with Crippen LogP contribution < -0.4 is 0 Å². The third-order valence-corrected chi connectivity index (χ3v) is 5.24. The molecule has 6 nitrogen and oxygen atoms in total. The van der Waals surface area contributed by atoms with Gasteiger partial charge in [0.1, 0.15) is 6.10 Å². The summed E-state index contributed by atoms with van der Waals surface area (Å²) in [5.74, 6) is 0. The second-order valence-corrected chi connectivity index (χ2v) is 7.53. The van der Waals surface area contributed by atoms with Crippen molar-refractivity contribution in [2.45, 2.75) is 58.1 Å². The largest absolute Gasteiger partial charge is 0.390 e. The fourth-order valence-electron chi connectivity index (χ4n) is 2.68. The highest BCUT2D eigenvalue weighted by Gasteiger charge is 2.45. The molecule has 1 aromatic rings. The standard InChI is InChI=1S/C16H25NO5S/c1-4-15(18)16(22-12(2)3)14-11-21-23(19,20)17(14)10-13-8-6-5-7-9-13/h5-9,12,14-16,18H,4,10-11H2,1-3H3/t14-,15+,16-/m0/s1. The SMILES string of the molecule is CC[C@@H](O)[C@@H](OC(C)C)[C@@H]1COS(=O)(=O)N1Cc1ccccc1. The maximum absolute atomic E-state index is 12.2. The van der Waals surface area contributed by atoms with Crippen LogP contribution in [0.4, 0.5) is 0 Å². The third kappa shape index (κ3) is 4.51. The summed E-state index contributed by atoms with van der Waals surface area (Å²) < 4.78 is 36.6. The molecule has 1 aliphatic rings. The normalized spacial score (nSPS) is 24.0. The summed E-state index contributed by atoms with van der Waals surface area (Å²) in [6.07, 6.45) is -1.02. The first-order chi connectivity index (χ1) is 10.8. The van der Waals surface area contributed by atoms with Crippen molar-refractivity contribution in [1.29, 1.82) is 0 Å². The van der Waals surface area contributed by atoms with E-state index in [0.717, 1.165) is 5.56 Å². The Kier molecular flexibility index (Phi) is 6.16. The molecule has 1 heterocycles. The number of aliphatic hydroxyl groups excluding tert-OH is 1. The summed E-state index contributed by atoms with van der Waals surface area (Å²) >= 11 is 0. The minimum atomic E-state index is -3.81. The van der Waals surface area contributed by atoms with E-state index in [9.17, 15) is 13.5 Å². The van der Waals surface area contributed by atoms with Crippen molar-refractivity contribution >= 4 is 10.3 Å². The van der Waals surface area contributed by atoms with E-state index in [2.05, 4.69) is 0 Å². The Morgan fingerprint density at radius 3 is 2.57 bits per heavy atom. The summed E-state index contributed by atoms with van der Waals surface area (Å²) in [7, 11) is -3.81. The second kappa shape index (κ2) is 7.72. The molecule has 0 aromatic heterocycles. The quantitative estimate of drug-likeness (QED) is 0.815. The van der Waals surface area contributed by atoms with E-state index in [1.54, 1.807) is 0 Å². The van der Waals surface area contributed by atoms with Crippen LogP contribution in [0.1, 0.15) is 32.8 Å². The summed E-state index contributed by atoms with van der Waals surface area (Å²) in [6, 6.07) is 8.77. The van der Waals surface area contributed by atoms with Crippen molar-refractivity contribution in [1.82, 2.24) is 4.31 Å².